The Kier molecular flexibility index (Phi) is 5.78. The van der Waals surface area contributed by atoms with E-state index in [4.69, 9.17) is 4.74 Å². The molecular formula is C27H23N3O5. The zero-order valence-electron chi connectivity index (χ0n) is 19.0. The first-order valence-corrected chi connectivity index (χ1v) is 11.3. The molecule has 2 aliphatic rings. The van der Waals surface area contributed by atoms with E-state index in [-0.39, 0.29) is 17.2 Å². The number of hydrogen-bond acceptors (Lipinski definition) is 6. The third kappa shape index (κ3) is 4.14. The summed E-state index contributed by atoms with van der Waals surface area (Å²) in [6.45, 7) is 2.03. The number of benzene rings is 2. The number of Topliss-reactive ketones (excluding diaryl/α,β-unsaturated/α-hetero) is 1. The first-order chi connectivity index (χ1) is 16.9. The molecular weight excluding hydrogens is 446 g/mol. The van der Waals surface area contributed by atoms with Crippen LogP contribution in [0.3, 0.4) is 0 Å². The quantitative estimate of drug-likeness (QED) is 0.340. The molecule has 1 atom stereocenters. The Morgan fingerprint density at radius 2 is 2.00 bits per heavy atom. The zero-order chi connectivity index (χ0) is 24.5. The van der Waals surface area contributed by atoms with Gasteiger partial charge >= 0.3 is 0 Å². The van der Waals surface area contributed by atoms with Crippen LogP contribution in [0.4, 0.5) is 11.4 Å². The van der Waals surface area contributed by atoms with E-state index in [1.807, 2.05) is 0 Å². The van der Waals surface area contributed by atoms with E-state index in [9.17, 15) is 19.5 Å². The second-order valence-electron chi connectivity index (χ2n) is 8.46. The predicted octanol–water partition coefficient (Wildman–Crippen LogP) is 3.99. The van der Waals surface area contributed by atoms with Crippen LogP contribution in [0.1, 0.15) is 36.1 Å². The molecule has 8 heteroatoms. The van der Waals surface area contributed by atoms with Crippen LogP contribution in [0.5, 0.6) is 5.75 Å². The summed E-state index contributed by atoms with van der Waals surface area (Å²) in [5.41, 5.74) is 2.81. The first kappa shape index (κ1) is 22.3. The SMILES string of the molecule is CC(=O)Nc1cccc(N2C(=O)C(=O)/C(=C(\O)c3ccc4c(c3)CCCO4)C2c2cccnc2)c1. The maximum atomic E-state index is 13.3. The molecule has 35 heavy (non-hydrogen) atoms. The molecule has 0 radical (unpaired) electrons. The number of anilines is 2. The van der Waals surface area contributed by atoms with Crippen molar-refractivity contribution in [1.82, 2.24) is 4.98 Å². The van der Waals surface area contributed by atoms with Crippen LogP contribution in [0, 0.1) is 0 Å². The fourth-order valence-corrected chi connectivity index (χ4v) is 4.55. The molecule has 8 nitrogen and oxygen atoms in total. The Hall–Kier alpha value is -4.46. The Bertz CT molecular complexity index is 1370. The van der Waals surface area contributed by atoms with E-state index in [2.05, 4.69) is 10.3 Å². The van der Waals surface area contributed by atoms with E-state index >= 15 is 0 Å². The maximum Gasteiger partial charge on any atom is 0.300 e. The Labute approximate surface area is 201 Å². The lowest BCUT2D eigenvalue weighted by molar-refractivity contribution is -0.132. The predicted molar refractivity (Wildman–Crippen MR) is 130 cm³/mol. The smallest absolute Gasteiger partial charge is 0.300 e. The number of hydrogen-bond donors (Lipinski definition) is 2. The van der Waals surface area contributed by atoms with Gasteiger partial charge in [-0.3, -0.25) is 24.3 Å². The topological polar surface area (TPSA) is 109 Å². The number of ketones is 1. The number of pyridine rings is 1. The minimum absolute atomic E-state index is 0.0235. The molecule has 3 aromatic rings. The van der Waals surface area contributed by atoms with Gasteiger partial charge in [0.1, 0.15) is 11.5 Å². The average Bonchev–Trinajstić information content (AvgIpc) is 3.14. The summed E-state index contributed by atoms with van der Waals surface area (Å²) in [5, 5.41) is 14.0. The molecule has 5 rings (SSSR count). The summed E-state index contributed by atoms with van der Waals surface area (Å²) in [7, 11) is 0. The van der Waals surface area contributed by atoms with Gasteiger partial charge in [-0.2, -0.15) is 0 Å². The number of ether oxygens (including phenoxy) is 1. The van der Waals surface area contributed by atoms with Crippen molar-refractivity contribution >= 4 is 34.7 Å². The van der Waals surface area contributed by atoms with Gasteiger partial charge in [0, 0.05) is 36.3 Å². The minimum Gasteiger partial charge on any atom is -0.507 e. The van der Waals surface area contributed by atoms with Crippen molar-refractivity contribution in [3.05, 3.63) is 89.3 Å². The molecule has 1 aromatic heterocycles. The standard InChI is InChI=1S/C27H23N3O5/c1-16(31)29-20-7-2-8-21(14-20)30-24(19-5-3-11-28-15-19)23(26(33)27(30)34)25(32)18-9-10-22-17(13-18)6-4-12-35-22/h2-3,5,7-11,13-15,24,32H,4,6,12H2,1H3,(H,29,31)/b25-23-. The third-order valence-corrected chi connectivity index (χ3v) is 6.07. The molecule has 176 valence electrons. The third-order valence-electron chi connectivity index (χ3n) is 6.07. The number of nitrogens with zero attached hydrogens (tertiary/aromatic N) is 2. The van der Waals surface area contributed by atoms with Crippen LogP contribution in [-0.4, -0.2) is 34.3 Å². The van der Waals surface area contributed by atoms with E-state index < -0.39 is 17.7 Å². The average molecular weight is 469 g/mol. The largest absolute Gasteiger partial charge is 0.507 e. The van der Waals surface area contributed by atoms with Gasteiger partial charge in [-0.25, -0.2) is 0 Å². The lowest BCUT2D eigenvalue weighted by Crippen LogP contribution is -2.29. The summed E-state index contributed by atoms with van der Waals surface area (Å²) in [6, 6.07) is 14.5. The van der Waals surface area contributed by atoms with Gasteiger partial charge in [0.15, 0.2) is 0 Å². The molecule has 1 unspecified atom stereocenters. The van der Waals surface area contributed by atoms with Gasteiger partial charge in [0.25, 0.3) is 11.7 Å². The first-order valence-electron chi connectivity index (χ1n) is 11.3. The van der Waals surface area contributed by atoms with Crippen LogP contribution in [0.2, 0.25) is 0 Å². The van der Waals surface area contributed by atoms with Crippen LogP contribution in [0.15, 0.2) is 72.6 Å². The maximum absolute atomic E-state index is 13.3. The molecule has 2 amide bonds. The van der Waals surface area contributed by atoms with Crippen molar-refractivity contribution in [2.45, 2.75) is 25.8 Å². The van der Waals surface area contributed by atoms with Crippen LogP contribution >= 0.6 is 0 Å². The van der Waals surface area contributed by atoms with Crippen molar-refractivity contribution in [3.8, 4) is 5.75 Å². The second-order valence-corrected chi connectivity index (χ2v) is 8.46. The number of carbonyl (C=O) groups is 3. The molecule has 2 aromatic carbocycles. The Balaban J connectivity index is 1.66. The number of rotatable bonds is 4. The number of carbonyl (C=O) groups excluding carboxylic acids is 3. The van der Waals surface area contributed by atoms with Gasteiger partial charge in [0.05, 0.1) is 18.2 Å². The van der Waals surface area contributed by atoms with Crippen molar-refractivity contribution < 1.29 is 24.2 Å². The fraction of sp³-hybridized carbons (Fsp3) is 0.185. The highest BCUT2D eigenvalue weighted by Gasteiger charge is 2.47. The normalized spacial score (nSPS) is 18.7. The number of nitrogens with one attached hydrogen (secondary N) is 1. The number of aliphatic hydroxyl groups is 1. The molecule has 1 saturated heterocycles. The van der Waals surface area contributed by atoms with Gasteiger partial charge in [-0.05, 0) is 66.4 Å². The summed E-state index contributed by atoms with van der Waals surface area (Å²) in [5.74, 6) is -1.33. The van der Waals surface area contributed by atoms with E-state index in [1.54, 1.807) is 67.0 Å². The summed E-state index contributed by atoms with van der Waals surface area (Å²) in [6.07, 6.45) is 4.82. The molecule has 2 aliphatic heterocycles. The second kappa shape index (κ2) is 9.06. The van der Waals surface area contributed by atoms with Gasteiger partial charge in [0.2, 0.25) is 5.91 Å². The lowest BCUT2D eigenvalue weighted by atomic mass is 9.94. The number of aryl methyl sites for hydroxylation is 1. The molecule has 2 N–H and O–H groups in total. The molecule has 0 saturated carbocycles. The molecule has 3 heterocycles. The van der Waals surface area contributed by atoms with Crippen molar-refractivity contribution in [2.24, 2.45) is 0 Å². The summed E-state index contributed by atoms with van der Waals surface area (Å²) < 4.78 is 5.66. The number of fused-ring (bicyclic) bond motifs is 1. The molecule has 1 fully saturated rings. The zero-order valence-corrected chi connectivity index (χ0v) is 19.0. The monoisotopic (exact) mass is 469 g/mol. The minimum atomic E-state index is -0.899. The van der Waals surface area contributed by atoms with Crippen molar-refractivity contribution in [2.75, 3.05) is 16.8 Å². The van der Waals surface area contributed by atoms with Gasteiger partial charge < -0.3 is 15.2 Å². The summed E-state index contributed by atoms with van der Waals surface area (Å²) in [4.78, 5) is 43.7. The van der Waals surface area contributed by atoms with E-state index in [0.29, 0.717) is 29.1 Å². The van der Waals surface area contributed by atoms with Crippen LogP contribution in [-0.2, 0) is 20.8 Å². The number of aliphatic hydroxyl groups excluding tert-OH is 1. The van der Waals surface area contributed by atoms with Gasteiger partial charge in [-0.15, -0.1) is 0 Å². The number of aromatic nitrogens is 1. The van der Waals surface area contributed by atoms with E-state index in [0.717, 1.165) is 24.2 Å². The van der Waals surface area contributed by atoms with Crippen LogP contribution < -0.4 is 15.0 Å². The highest BCUT2D eigenvalue weighted by atomic mass is 16.5. The highest BCUT2D eigenvalue weighted by Crippen LogP contribution is 2.43. The lowest BCUT2D eigenvalue weighted by Gasteiger charge is -2.25. The van der Waals surface area contributed by atoms with Gasteiger partial charge in [-0.1, -0.05) is 12.1 Å². The van der Waals surface area contributed by atoms with Crippen molar-refractivity contribution in [3.63, 3.8) is 0 Å². The molecule has 0 aliphatic carbocycles. The fourth-order valence-electron chi connectivity index (χ4n) is 4.55. The van der Waals surface area contributed by atoms with E-state index in [1.165, 1.54) is 11.8 Å². The number of amides is 2. The molecule has 0 bridgehead atoms. The van der Waals surface area contributed by atoms with Crippen LogP contribution in [0.25, 0.3) is 5.76 Å². The Morgan fingerprint density at radius 3 is 2.77 bits per heavy atom. The van der Waals surface area contributed by atoms with Crippen molar-refractivity contribution in [1.29, 1.82) is 0 Å². The molecule has 0 spiro atoms. The highest BCUT2D eigenvalue weighted by molar-refractivity contribution is 6.51. The Morgan fingerprint density at radius 1 is 1.14 bits per heavy atom. The summed E-state index contributed by atoms with van der Waals surface area (Å²) >= 11 is 0.